The van der Waals surface area contributed by atoms with Crippen LogP contribution in [0.2, 0.25) is 0 Å². The van der Waals surface area contributed by atoms with Crippen LogP contribution in [0.4, 0.5) is 11.6 Å². The van der Waals surface area contributed by atoms with E-state index in [1.165, 1.54) is 5.56 Å². The fraction of sp³-hybridized carbons (Fsp3) is 0.190. The molecule has 0 atom stereocenters. The van der Waals surface area contributed by atoms with Crippen molar-refractivity contribution in [1.29, 1.82) is 0 Å². The number of hydrogen-bond donors (Lipinski definition) is 0. The minimum atomic E-state index is -0.131. The molecule has 0 aliphatic carbocycles. The van der Waals surface area contributed by atoms with E-state index in [4.69, 9.17) is 0 Å². The van der Waals surface area contributed by atoms with E-state index in [0.29, 0.717) is 11.5 Å². The average Bonchev–Trinajstić information content (AvgIpc) is 2.72. The summed E-state index contributed by atoms with van der Waals surface area (Å²) in [7, 11) is 1.75. The highest BCUT2D eigenvalue weighted by molar-refractivity contribution is 6.05. The average molecular weight is 346 g/mol. The molecule has 0 aliphatic rings. The summed E-state index contributed by atoms with van der Waals surface area (Å²) in [5, 5.41) is 0. The lowest BCUT2D eigenvalue weighted by Crippen LogP contribution is -2.27. The van der Waals surface area contributed by atoms with E-state index >= 15 is 0 Å². The third-order valence-corrected chi connectivity index (χ3v) is 4.21. The molecule has 132 valence electrons. The van der Waals surface area contributed by atoms with Crippen LogP contribution in [0.15, 0.2) is 73.1 Å². The van der Waals surface area contributed by atoms with Crippen LogP contribution >= 0.6 is 0 Å². The van der Waals surface area contributed by atoms with Crippen LogP contribution in [-0.4, -0.2) is 29.5 Å². The van der Waals surface area contributed by atoms with Crippen LogP contribution in [0.5, 0.6) is 0 Å². The van der Waals surface area contributed by atoms with Crippen LogP contribution in [0, 0.1) is 0 Å². The molecule has 26 heavy (non-hydrogen) atoms. The van der Waals surface area contributed by atoms with Crippen LogP contribution in [-0.2, 0) is 6.54 Å². The number of amides is 1. The second-order valence-electron chi connectivity index (χ2n) is 5.97. The quantitative estimate of drug-likeness (QED) is 0.681. The van der Waals surface area contributed by atoms with E-state index < -0.39 is 0 Å². The van der Waals surface area contributed by atoms with Crippen molar-refractivity contribution in [2.24, 2.45) is 0 Å². The SMILES string of the molecule is CCN(Cc1ccccc1)c1ncc(C(=O)N(C)c2ccccc2)cn1. The van der Waals surface area contributed by atoms with Gasteiger partial charge in [0.15, 0.2) is 0 Å². The van der Waals surface area contributed by atoms with Crippen molar-refractivity contribution in [2.45, 2.75) is 13.5 Å². The fourth-order valence-electron chi connectivity index (χ4n) is 2.69. The molecule has 5 nitrogen and oxygen atoms in total. The molecule has 2 aromatic carbocycles. The minimum absolute atomic E-state index is 0.131. The van der Waals surface area contributed by atoms with Gasteiger partial charge >= 0.3 is 0 Å². The predicted molar refractivity (Wildman–Crippen MR) is 104 cm³/mol. The number of benzene rings is 2. The van der Waals surface area contributed by atoms with Gasteiger partial charge in [-0.2, -0.15) is 0 Å². The summed E-state index contributed by atoms with van der Waals surface area (Å²) < 4.78 is 0. The summed E-state index contributed by atoms with van der Waals surface area (Å²) in [4.78, 5) is 25.1. The summed E-state index contributed by atoms with van der Waals surface area (Å²) in [6.45, 7) is 3.58. The molecular weight excluding hydrogens is 324 g/mol. The van der Waals surface area contributed by atoms with Gasteiger partial charge in [-0.25, -0.2) is 9.97 Å². The maximum Gasteiger partial charge on any atom is 0.261 e. The molecule has 0 saturated carbocycles. The lowest BCUT2D eigenvalue weighted by Gasteiger charge is -2.21. The molecule has 1 heterocycles. The molecule has 0 bridgehead atoms. The Balaban J connectivity index is 1.73. The first-order valence-electron chi connectivity index (χ1n) is 8.63. The Bertz CT molecular complexity index is 835. The molecule has 1 aromatic heterocycles. The van der Waals surface area contributed by atoms with Crippen LogP contribution < -0.4 is 9.80 Å². The van der Waals surface area contributed by atoms with Crippen molar-refractivity contribution < 1.29 is 4.79 Å². The third-order valence-electron chi connectivity index (χ3n) is 4.21. The number of carbonyl (C=O) groups excluding carboxylic acids is 1. The number of nitrogens with zero attached hydrogens (tertiary/aromatic N) is 4. The second-order valence-corrected chi connectivity index (χ2v) is 5.97. The van der Waals surface area contributed by atoms with Crippen molar-refractivity contribution in [3.63, 3.8) is 0 Å². The normalized spacial score (nSPS) is 10.4. The molecule has 0 fully saturated rings. The van der Waals surface area contributed by atoms with Gasteiger partial charge in [-0.1, -0.05) is 48.5 Å². The maximum atomic E-state index is 12.6. The topological polar surface area (TPSA) is 49.3 Å². The molecule has 0 N–H and O–H groups in total. The first-order valence-corrected chi connectivity index (χ1v) is 8.63. The van der Waals surface area contributed by atoms with E-state index in [9.17, 15) is 4.79 Å². The molecular formula is C21H22N4O. The highest BCUT2D eigenvalue weighted by Gasteiger charge is 2.15. The smallest absolute Gasteiger partial charge is 0.261 e. The Morgan fingerprint density at radius 2 is 1.50 bits per heavy atom. The summed E-state index contributed by atoms with van der Waals surface area (Å²) in [6.07, 6.45) is 3.19. The van der Waals surface area contributed by atoms with Gasteiger partial charge < -0.3 is 9.80 Å². The standard InChI is InChI=1S/C21H22N4O/c1-3-25(16-17-10-6-4-7-11-17)21-22-14-18(15-23-21)20(26)24(2)19-12-8-5-9-13-19/h4-15H,3,16H2,1-2H3. The Morgan fingerprint density at radius 1 is 0.923 bits per heavy atom. The highest BCUT2D eigenvalue weighted by Crippen LogP contribution is 2.16. The van der Waals surface area contributed by atoms with Crippen LogP contribution in [0.25, 0.3) is 0 Å². The minimum Gasteiger partial charge on any atom is -0.337 e. The predicted octanol–water partition coefficient (Wildman–Crippen LogP) is 3.78. The highest BCUT2D eigenvalue weighted by atomic mass is 16.2. The summed E-state index contributed by atoms with van der Waals surface area (Å²) in [5.41, 5.74) is 2.50. The molecule has 0 radical (unpaired) electrons. The van der Waals surface area contributed by atoms with Crippen LogP contribution in [0.1, 0.15) is 22.8 Å². The molecule has 0 aliphatic heterocycles. The molecule has 5 heteroatoms. The van der Waals surface area contributed by atoms with Crippen molar-refractivity contribution >= 4 is 17.5 Å². The first kappa shape index (κ1) is 17.6. The zero-order valence-electron chi connectivity index (χ0n) is 15.0. The van der Waals surface area contributed by atoms with Crippen molar-refractivity contribution in [3.05, 3.63) is 84.2 Å². The first-order chi connectivity index (χ1) is 12.7. The van der Waals surface area contributed by atoms with Crippen molar-refractivity contribution in [3.8, 4) is 0 Å². The number of carbonyl (C=O) groups is 1. The monoisotopic (exact) mass is 346 g/mol. The molecule has 0 unspecified atom stereocenters. The largest absolute Gasteiger partial charge is 0.337 e. The van der Waals surface area contributed by atoms with Gasteiger partial charge in [0.25, 0.3) is 5.91 Å². The van der Waals surface area contributed by atoms with Crippen LogP contribution in [0.3, 0.4) is 0 Å². The summed E-state index contributed by atoms with van der Waals surface area (Å²) in [6, 6.07) is 19.7. The third kappa shape index (κ3) is 4.06. The number of rotatable bonds is 6. The van der Waals surface area contributed by atoms with Gasteiger partial charge in [0.2, 0.25) is 5.95 Å². The van der Waals surface area contributed by atoms with E-state index in [1.54, 1.807) is 24.3 Å². The molecule has 3 aromatic rings. The molecule has 0 saturated heterocycles. The van der Waals surface area contributed by atoms with Gasteiger partial charge in [-0.05, 0) is 24.6 Å². The number of aromatic nitrogens is 2. The van der Waals surface area contributed by atoms with E-state index in [2.05, 4.69) is 33.9 Å². The van der Waals surface area contributed by atoms with Gasteiger partial charge in [-0.3, -0.25) is 4.79 Å². The lowest BCUT2D eigenvalue weighted by molar-refractivity contribution is 0.0992. The van der Waals surface area contributed by atoms with E-state index in [0.717, 1.165) is 18.8 Å². The Labute approximate surface area is 153 Å². The maximum absolute atomic E-state index is 12.6. The Kier molecular flexibility index (Phi) is 5.59. The second kappa shape index (κ2) is 8.25. The van der Waals surface area contributed by atoms with Crippen molar-refractivity contribution in [2.75, 3.05) is 23.4 Å². The van der Waals surface area contributed by atoms with Gasteiger partial charge in [0, 0.05) is 38.2 Å². The lowest BCUT2D eigenvalue weighted by atomic mass is 10.2. The molecule has 3 rings (SSSR count). The molecule has 1 amide bonds. The van der Waals surface area contributed by atoms with Gasteiger partial charge in [0.1, 0.15) is 0 Å². The molecule has 0 spiro atoms. The van der Waals surface area contributed by atoms with Gasteiger partial charge in [0.05, 0.1) is 5.56 Å². The number of anilines is 2. The number of hydrogen-bond acceptors (Lipinski definition) is 4. The van der Waals surface area contributed by atoms with E-state index in [-0.39, 0.29) is 5.91 Å². The Hall–Kier alpha value is -3.21. The fourth-order valence-corrected chi connectivity index (χ4v) is 2.69. The Morgan fingerprint density at radius 3 is 2.08 bits per heavy atom. The number of para-hydroxylation sites is 1. The zero-order chi connectivity index (χ0) is 18.4. The van der Waals surface area contributed by atoms with Crippen molar-refractivity contribution in [1.82, 2.24) is 9.97 Å². The zero-order valence-corrected chi connectivity index (χ0v) is 15.0. The summed E-state index contributed by atoms with van der Waals surface area (Å²) in [5.74, 6) is 0.490. The van der Waals surface area contributed by atoms with Gasteiger partial charge in [-0.15, -0.1) is 0 Å². The van der Waals surface area contributed by atoms with E-state index in [1.807, 2.05) is 48.5 Å². The summed E-state index contributed by atoms with van der Waals surface area (Å²) >= 11 is 0.